The predicted octanol–water partition coefficient (Wildman–Crippen LogP) is 1.92. The first-order valence-electron chi connectivity index (χ1n) is 9.36. The third kappa shape index (κ3) is 3.20. The molecular weight excluding hydrogens is 370 g/mol. The number of imide groups is 1. The van der Waals surface area contributed by atoms with Gasteiger partial charge in [0.05, 0.1) is 0 Å². The van der Waals surface area contributed by atoms with E-state index >= 15 is 0 Å². The van der Waals surface area contributed by atoms with Crippen LogP contribution in [0.4, 0.5) is 9.93 Å². The Morgan fingerprint density at radius 2 is 2.04 bits per heavy atom. The maximum Gasteiger partial charge on any atom is 0.327 e. The second kappa shape index (κ2) is 7.16. The summed E-state index contributed by atoms with van der Waals surface area (Å²) in [5.74, 6) is -0.713. The molecule has 0 bridgehead atoms. The molecule has 0 radical (unpaired) electrons. The van der Waals surface area contributed by atoms with Gasteiger partial charge in [0.2, 0.25) is 11.0 Å². The van der Waals surface area contributed by atoms with Crippen molar-refractivity contribution < 1.29 is 19.1 Å². The molecule has 146 valence electrons. The molecule has 4 amide bonds. The predicted molar refractivity (Wildman–Crippen MR) is 97.2 cm³/mol. The molecule has 1 atom stereocenters. The summed E-state index contributed by atoms with van der Waals surface area (Å²) >= 11 is 1.26. The monoisotopic (exact) mass is 393 g/mol. The highest BCUT2D eigenvalue weighted by Gasteiger charge is 2.55. The van der Waals surface area contributed by atoms with Gasteiger partial charge in [-0.25, -0.2) is 4.79 Å². The van der Waals surface area contributed by atoms with E-state index in [-0.39, 0.29) is 18.6 Å². The topological polar surface area (TPSA) is 105 Å². The van der Waals surface area contributed by atoms with Gasteiger partial charge in [-0.05, 0) is 25.7 Å². The van der Waals surface area contributed by atoms with Gasteiger partial charge in [-0.3, -0.25) is 19.8 Å². The van der Waals surface area contributed by atoms with Gasteiger partial charge < -0.3 is 9.64 Å². The molecule has 3 fully saturated rings. The number of amides is 4. The highest BCUT2D eigenvalue weighted by Crippen LogP contribution is 2.39. The standard InChI is InChI=1S/C17H23N5O4S/c1-21-16(25)22(14(24)17(21)7-3-2-4-8-17)10-12(23)18-15-20-19-13(27-15)11-6-5-9-26-11/h11H,2-10H2,1H3,(H,18,20,23)/t11-/m1/s1. The van der Waals surface area contributed by atoms with Gasteiger partial charge in [0.1, 0.15) is 23.2 Å². The number of anilines is 1. The molecule has 2 saturated heterocycles. The summed E-state index contributed by atoms with van der Waals surface area (Å²) in [5, 5.41) is 11.8. The SMILES string of the molecule is CN1C(=O)N(CC(=O)Nc2nnc([C@H]3CCCO3)s2)C(=O)C12CCCCC2. The number of carbonyl (C=O) groups excluding carboxylic acids is 3. The van der Waals surface area contributed by atoms with E-state index in [0.717, 1.165) is 42.0 Å². The number of carbonyl (C=O) groups is 3. The first-order chi connectivity index (χ1) is 13.0. The molecule has 10 heteroatoms. The van der Waals surface area contributed by atoms with Gasteiger partial charge >= 0.3 is 6.03 Å². The van der Waals surface area contributed by atoms with E-state index in [1.807, 2.05) is 0 Å². The molecule has 0 unspecified atom stereocenters. The third-order valence-corrected chi connectivity index (χ3v) is 6.61. The summed E-state index contributed by atoms with van der Waals surface area (Å²) in [6.07, 6.45) is 6.05. The van der Waals surface area contributed by atoms with Crippen LogP contribution in [0.5, 0.6) is 0 Å². The fraction of sp³-hybridized carbons (Fsp3) is 0.706. The van der Waals surface area contributed by atoms with E-state index in [1.54, 1.807) is 7.05 Å². The molecule has 9 nitrogen and oxygen atoms in total. The molecule has 1 aromatic rings. The van der Waals surface area contributed by atoms with Crippen LogP contribution in [-0.4, -0.2) is 63.6 Å². The van der Waals surface area contributed by atoms with Crippen LogP contribution in [0.2, 0.25) is 0 Å². The van der Waals surface area contributed by atoms with E-state index in [9.17, 15) is 14.4 Å². The van der Waals surface area contributed by atoms with E-state index < -0.39 is 17.5 Å². The summed E-state index contributed by atoms with van der Waals surface area (Å²) in [4.78, 5) is 40.4. The van der Waals surface area contributed by atoms with E-state index in [4.69, 9.17) is 4.74 Å². The lowest BCUT2D eigenvalue weighted by molar-refractivity contribution is -0.136. The van der Waals surface area contributed by atoms with Crippen molar-refractivity contribution in [2.24, 2.45) is 0 Å². The van der Waals surface area contributed by atoms with Crippen LogP contribution in [-0.2, 0) is 14.3 Å². The van der Waals surface area contributed by atoms with Crippen molar-refractivity contribution in [3.05, 3.63) is 5.01 Å². The van der Waals surface area contributed by atoms with E-state index in [1.165, 1.54) is 16.2 Å². The molecule has 4 rings (SSSR count). The number of likely N-dealkylation sites (N-methyl/N-ethyl adjacent to an activating group) is 1. The normalized spacial score (nSPS) is 24.9. The van der Waals surface area contributed by atoms with Crippen LogP contribution in [0.1, 0.15) is 56.1 Å². The lowest BCUT2D eigenvalue weighted by atomic mass is 9.81. The van der Waals surface area contributed by atoms with Crippen LogP contribution in [0.3, 0.4) is 0 Å². The van der Waals surface area contributed by atoms with Gasteiger partial charge in [-0.15, -0.1) is 10.2 Å². The van der Waals surface area contributed by atoms with Crippen molar-refractivity contribution in [3.63, 3.8) is 0 Å². The molecule has 1 aromatic heterocycles. The number of rotatable bonds is 4. The van der Waals surface area contributed by atoms with Crippen LogP contribution in [0.25, 0.3) is 0 Å². The average molecular weight is 393 g/mol. The molecule has 1 aliphatic carbocycles. The number of nitrogens with one attached hydrogen (secondary N) is 1. The summed E-state index contributed by atoms with van der Waals surface area (Å²) < 4.78 is 5.56. The zero-order valence-electron chi connectivity index (χ0n) is 15.3. The first kappa shape index (κ1) is 18.3. The van der Waals surface area contributed by atoms with Crippen LogP contribution >= 0.6 is 11.3 Å². The van der Waals surface area contributed by atoms with Crippen molar-refractivity contribution in [2.75, 3.05) is 25.5 Å². The molecule has 3 heterocycles. The van der Waals surface area contributed by atoms with Gasteiger partial charge in [-0.1, -0.05) is 30.6 Å². The highest BCUT2D eigenvalue weighted by molar-refractivity contribution is 7.15. The Morgan fingerprint density at radius 3 is 2.74 bits per heavy atom. The Hall–Kier alpha value is -2.07. The second-order valence-electron chi connectivity index (χ2n) is 7.32. The lowest BCUT2D eigenvalue weighted by Crippen LogP contribution is -2.49. The maximum atomic E-state index is 12.9. The van der Waals surface area contributed by atoms with Crippen LogP contribution < -0.4 is 5.32 Å². The summed E-state index contributed by atoms with van der Waals surface area (Å²) in [5.41, 5.74) is -0.772. The Morgan fingerprint density at radius 1 is 1.26 bits per heavy atom. The smallest absolute Gasteiger partial charge is 0.327 e. The Labute approximate surface area is 161 Å². The first-order valence-corrected chi connectivity index (χ1v) is 10.2. The van der Waals surface area contributed by atoms with E-state index in [0.29, 0.717) is 24.6 Å². The Balaban J connectivity index is 1.40. The number of hydrogen-bond donors (Lipinski definition) is 1. The number of aromatic nitrogens is 2. The number of urea groups is 1. The lowest BCUT2D eigenvalue weighted by Gasteiger charge is -2.35. The van der Waals surface area contributed by atoms with Gasteiger partial charge in [0.15, 0.2) is 0 Å². The molecule has 2 aliphatic heterocycles. The molecule has 1 saturated carbocycles. The molecule has 3 aliphatic rings. The zero-order valence-corrected chi connectivity index (χ0v) is 16.1. The molecule has 0 aromatic carbocycles. The van der Waals surface area contributed by atoms with Gasteiger partial charge in [0.25, 0.3) is 5.91 Å². The highest BCUT2D eigenvalue weighted by atomic mass is 32.1. The summed E-state index contributed by atoms with van der Waals surface area (Å²) in [7, 11) is 1.65. The van der Waals surface area contributed by atoms with Crippen molar-refractivity contribution in [1.29, 1.82) is 0 Å². The minimum Gasteiger partial charge on any atom is -0.371 e. The number of ether oxygens (including phenoxy) is 1. The van der Waals surface area contributed by atoms with Crippen molar-refractivity contribution in [2.45, 2.75) is 56.6 Å². The molecule has 27 heavy (non-hydrogen) atoms. The maximum absolute atomic E-state index is 12.9. The largest absolute Gasteiger partial charge is 0.371 e. The molecule has 1 spiro atoms. The number of nitrogens with zero attached hydrogens (tertiary/aromatic N) is 4. The molecular formula is C17H23N5O4S. The van der Waals surface area contributed by atoms with E-state index in [2.05, 4.69) is 15.5 Å². The van der Waals surface area contributed by atoms with Gasteiger partial charge in [0, 0.05) is 13.7 Å². The zero-order chi connectivity index (χ0) is 19.0. The minimum atomic E-state index is -0.772. The van der Waals surface area contributed by atoms with Crippen molar-refractivity contribution in [3.8, 4) is 0 Å². The van der Waals surface area contributed by atoms with Gasteiger partial charge in [-0.2, -0.15) is 0 Å². The van der Waals surface area contributed by atoms with Crippen molar-refractivity contribution >= 4 is 34.3 Å². The van der Waals surface area contributed by atoms with Crippen LogP contribution in [0.15, 0.2) is 0 Å². The Kier molecular flexibility index (Phi) is 4.85. The quantitative estimate of drug-likeness (QED) is 0.784. The average Bonchev–Trinajstić information content (AvgIpc) is 3.39. The Bertz CT molecular complexity index is 754. The summed E-state index contributed by atoms with van der Waals surface area (Å²) in [6.45, 7) is 0.402. The molecule has 1 N–H and O–H groups in total. The summed E-state index contributed by atoms with van der Waals surface area (Å²) in [6, 6.07) is -0.408. The number of hydrogen-bond acceptors (Lipinski definition) is 7. The fourth-order valence-electron chi connectivity index (χ4n) is 4.16. The fourth-order valence-corrected chi connectivity index (χ4v) is 5.00. The van der Waals surface area contributed by atoms with Crippen LogP contribution in [0, 0.1) is 0 Å². The minimum absolute atomic E-state index is 0.0605. The second-order valence-corrected chi connectivity index (χ2v) is 8.33. The van der Waals surface area contributed by atoms with Crippen molar-refractivity contribution in [1.82, 2.24) is 20.0 Å². The third-order valence-electron chi connectivity index (χ3n) is 5.68.